The maximum atomic E-state index is 13.1. The molecule has 0 aliphatic rings. The minimum absolute atomic E-state index is 0.0385. The average Bonchev–Trinajstić information content (AvgIpc) is 2.24. The minimum Gasteiger partial charge on any atom is -0.396 e. The third-order valence-corrected chi connectivity index (χ3v) is 2.08. The molecule has 0 aliphatic carbocycles. The van der Waals surface area contributed by atoms with Crippen LogP contribution in [0.25, 0.3) is 0 Å². The highest BCUT2D eigenvalue weighted by Crippen LogP contribution is 2.20. The van der Waals surface area contributed by atoms with Crippen molar-refractivity contribution in [1.82, 2.24) is 0 Å². The second kappa shape index (κ2) is 6.24. The monoisotopic (exact) mass is 247 g/mol. The van der Waals surface area contributed by atoms with Crippen molar-refractivity contribution in [2.75, 3.05) is 11.9 Å². The number of hydrogen-bond acceptors (Lipinski definition) is 2. The van der Waals surface area contributed by atoms with E-state index in [9.17, 15) is 18.0 Å². The highest BCUT2D eigenvalue weighted by molar-refractivity contribution is 5.90. The molecule has 0 saturated heterocycles. The van der Waals surface area contributed by atoms with E-state index in [4.69, 9.17) is 5.11 Å². The molecule has 0 atom stereocenters. The Labute approximate surface area is 96.3 Å². The lowest BCUT2D eigenvalue weighted by atomic mass is 10.2. The summed E-state index contributed by atoms with van der Waals surface area (Å²) >= 11 is 0. The Bertz CT molecular complexity index is 387. The van der Waals surface area contributed by atoms with Gasteiger partial charge in [-0.15, -0.1) is 0 Å². The van der Waals surface area contributed by atoms with E-state index in [1.54, 1.807) is 0 Å². The number of anilines is 1. The molecule has 1 aromatic rings. The molecule has 1 aromatic carbocycles. The van der Waals surface area contributed by atoms with Crippen molar-refractivity contribution in [3.63, 3.8) is 0 Å². The first-order valence-electron chi connectivity index (χ1n) is 5.10. The van der Waals surface area contributed by atoms with Gasteiger partial charge in [-0.05, 0) is 12.8 Å². The molecule has 0 bridgehead atoms. The molecule has 0 unspecified atom stereocenters. The zero-order valence-corrected chi connectivity index (χ0v) is 8.97. The van der Waals surface area contributed by atoms with Crippen molar-refractivity contribution < 1.29 is 23.1 Å². The van der Waals surface area contributed by atoms with E-state index >= 15 is 0 Å². The molecule has 6 heteroatoms. The summed E-state index contributed by atoms with van der Waals surface area (Å²) in [4.78, 5) is 11.3. The maximum absolute atomic E-state index is 13.1. The largest absolute Gasteiger partial charge is 0.396 e. The van der Waals surface area contributed by atoms with Crippen LogP contribution in [0.5, 0.6) is 0 Å². The SMILES string of the molecule is O=C(CCCCO)Nc1c(F)cc(F)cc1F. The van der Waals surface area contributed by atoms with Gasteiger partial charge in [0, 0.05) is 25.2 Å². The quantitative estimate of drug-likeness (QED) is 0.784. The zero-order chi connectivity index (χ0) is 12.8. The predicted molar refractivity (Wildman–Crippen MR) is 55.9 cm³/mol. The van der Waals surface area contributed by atoms with Gasteiger partial charge in [0.15, 0.2) is 11.6 Å². The van der Waals surface area contributed by atoms with Crippen molar-refractivity contribution >= 4 is 11.6 Å². The van der Waals surface area contributed by atoms with Crippen LogP contribution in [0.15, 0.2) is 12.1 Å². The molecule has 1 rings (SSSR count). The van der Waals surface area contributed by atoms with Gasteiger partial charge in [-0.25, -0.2) is 13.2 Å². The van der Waals surface area contributed by atoms with Gasteiger partial charge in [0.25, 0.3) is 0 Å². The van der Waals surface area contributed by atoms with E-state index in [1.807, 2.05) is 5.32 Å². The molecule has 0 heterocycles. The molecule has 0 saturated carbocycles. The Balaban J connectivity index is 2.65. The van der Waals surface area contributed by atoms with Crippen LogP contribution in [0.1, 0.15) is 19.3 Å². The number of rotatable bonds is 5. The van der Waals surface area contributed by atoms with Crippen molar-refractivity contribution in [3.05, 3.63) is 29.6 Å². The summed E-state index contributed by atoms with van der Waals surface area (Å²) in [6, 6.07) is 0.985. The number of aliphatic hydroxyl groups is 1. The second-order valence-electron chi connectivity index (χ2n) is 3.47. The molecule has 0 spiro atoms. The van der Waals surface area contributed by atoms with Crippen molar-refractivity contribution in [2.24, 2.45) is 0 Å². The van der Waals surface area contributed by atoms with Gasteiger partial charge in [-0.1, -0.05) is 0 Å². The van der Waals surface area contributed by atoms with Crippen molar-refractivity contribution in [1.29, 1.82) is 0 Å². The molecule has 0 aliphatic heterocycles. The van der Waals surface area contributed by atoms with Crippen LogP contribution in [-0.2, 0) is 4.79 Å². The number of benzene rings is 1. The molecular formula is C11H12F3NO2. The minimum atomic E-state index is -1.15. The van der Waals surface area contributed by atoms with Crippen molar-refractivity contribution in [3.8, 4) is 0 Å². The fourth-order valence-corrected chi connectivity index (χ4v) is 1.26. The lowest BCUT2D eigenvalue weighted by Crippen LogP contribution is -2.14. The Morgan fingerprint density at radius 2 is 1.76 bits per heavy atom. The van der Waals surface area contributed by atoms with Gasteiger partial charge in [-0.3, -0.25) is 4.79 Å². The summed E-state index contributed by atoms with van der Waals surface area (Å²) in [5.74, 6) is -3.93. The highest BCUT2D eigenvalue weighted by Gasteiger charge is 2.13. The second-order valence-corrected chi connectivity index (χ2v) is 3.47. The van der Waals surface area contributed by atoms with Crippen LogP contribution in [0, 0.1) is 17.5 Å². The number of halogens is 3. The fraction of sp³-hybridized carbons (Fsp3) is 0.364. The molecule has 0 fully saturated rings. The summed E-state index contributed by atoms with van der Waals surface area (Å²) in [6.07, 6.45) is 0.880. The first kappa shape index (κ1) is 13.5. The van der Waals surface area contributed by atoms with Gasteiger partial charge in [-0.2, -0.15) is 0 Å². The summed E-state index contributed by atoms with van der Waals surface area (Å²) in [6.45, 7) is -0.0491. The van der Waals surface area contributed by atoms with Crippen LogP contribution < -0.4 is 5.32 Å². The van der Waals surface area contributed by atoms with Gasteiger partial charge in [0.05, 0.1) is 0 Å². The molecular weight excluding hydrogens is 235 g/mol. The van der Waals surface area contributed by atoms with Crippen LogP contribution >= 0.6 is 0 Å². The molecule has 3 nitrogen and oxygen atoms in total. The number of hydrogen-bond donors (Lipinski definition) is 2. The number of carbonyl (C=O) groups excluding carboxylic acids is 1. The predicted octanol–water partition coefficient (Wildman–Crippen LogP) is 2.21. The van der Waals surface area contributed by atoms with Crippen LogP contribution in [-0.4, -0.2) is 17.6 Å². The first-order valence-corrected chi connectivity index (χ1v) is 5.10. The average molecular weight is 247 g/mol. The highest BCUT2D eigenvalue weighted by atomic mass is 19.1. The van der Waals surface area contributed by atoms with Gasteiger partial charge >= 0.3 is 0 Å². The Morgan fingerprint density at radius 3 is 2.29 bits per heavy atom. The molecule has 94 valence electrons. The van der Waals surface area contributed by atoms with E-state index in [-0.39, 0.29) is 13.0 Å². The first-order chi connectivity index (χ1) is 8.04. The number of carbonyl (C=O) groups is 1. The number of amides is 1. The lowest BCUT2D eigenvalue weighted by molar-refractivity contribution is -0.116. The third-order valence-electron chi connectivity index (χ3n) is 2.08. The summed E-state index contributed by atoms with van der Waals surface area (Å²) in [7, 11) is 0. The van der Waals surface area contributed by atoms with Crippen LogP contribution in [0.4, 0.5) is 18.9 Å². The summed E-state index contributed by atoms with van der Waals surface area (Å²) in [5.41, 5.74) is -0.652. The van der Waals surface area contributed by atoms with E-state index < -0.39 is 29.0 Å². The van der Waals surface area contributed by atoms with E-state index in [1.165, 1.54) is 0 Å². The molecule has 1 amide bonds. The Kier molecular flexibility index (Phi) is 4.96. The van der Waals surface area contributed by atoms with Gasteiger partial charge in [0.1, 0.15) is 11.5 Å². The smallest absolute Gasteiger partial charge is 0.224 e. The summed E-state index contributed by atoms with van der Waals surface area (Å²) in [5, 5.41) is 10.5. The van der Waals surface area contributed by atoms with Gasteiger partial charge < -0.3 is 10.4 Å². The van der Waals surface area contributed by atoms with Gasteiger partial charge in [0.2, 0.25) is 5.91 Å². The fourth-order valence-electron chi connectivity index (χ4n) is 1.26. The van der Waals surface area contributed by atoms with E-state index in [2.05, 4.69) is 0 Å². The lowest BCUT2D eigenvalue weighted by Gasteiger charge is -2.07. The number of aliphatic hydroxyl groups excluding tert-OH is 1. The zero-order valence-electron chi connectivity index (χ0n) is 8.97. The molecule has 2 N–H and O–H groups in total. The number of nitrogens with one attached hydrogen (secondary N) is 1. The van der Waals surface area contributed by atoms with Crippen molar-refractivity contribution in [2.45, 2.75) is 19.3 Å². The number of unbranched alkanes of at least 4 members (excludes halogenated alkanes) is 1. The van der Waals surface area contributed by atoms with E-state index in [0.29, 0.717) is 25.0 Å². The molecule has 17 heavy (non-hydrogen) atoms. The standard InChI is InChI=1S/C11H12F3NO2/c12-7-5-8(13)11(9(14)6-7)15-10(17)3-1-2-4-16/h5-6,16H,1-4H2,(H,15,17). The Hall–Kier alpha value is -1.56. The van der Waals surface area contributed by atoms with Crippen LogP contribution in [0.3, 0.4) is 0 Å². The van der Waals surface area contributed by atoms with Crippen LogP contribution in [0.2, 0.25) is 0 Å². The molecule has 0 aromatic heterocycles. The third kappa shape index (κ3) is 4.07. The Morgan fingerprint density at radius 1 is 1.18 bits per heavy atom. The normalized spacial score (nSPS) is 10.4. The topological polar surface area (TPSA) is 49.3 Å². The molecule has 0 radical (unpaired) electrons. The summed E-state index contributed by atoms with van der Waals surface area (Å²) < 4.78 is 38.8. The van der Waals surface area contributed by atoms with E-state index in [0.717, 1.165) is 0 Å². The maximum Gasteiger partial charge on any atom is 0.224 e.